The second kappa shape index (κ2) is 3.22. The first-order valence-electron chi connectivity index (χ1n) is 3.75. The Morgan fingerprint density at radius 2 is 1.82 bits per heavy atom. The van der Waals surface area contributed by atoms with Crippen LogP contribution < -0.4 is 5.73 Å². The van der Waals surface area contributed by atoms with E-state index in [-0.39, 0.29) is 11.5 Å². The van der Waals surface area contributed by atoms with Gasteiger partial charge in [0.05, 0.1) is 5.92 Å². The summed E-state index contributed by atoms with van der Waals surface area (Å²) in [4.78, 5) is 10.7. The van der Waals surface area contributed by atoms with E-state index in [0.29, 0.717) is 0 Å². The number of nitrogens with two attached hydrogens (primary N) is 1. The van der Waals surface area contributed by atoms with E-state index in [1.807, 2.05) is 20.8 Å². The molecule has 0 spiro atoms. The fourth-order valence-electron chi connectivity index (χ4n) is 1.38. The lowest BCUT2D eigenvalue weighted by Gasteiger charge is -2.29. The summed E-state index contributed by atoms with van der Waals surface area (Å²) >= 11 is 0. The summed E-state index contributed by atoms with van der Waals surface area (Å²) in [6.07, 6.45) is 0. The third-order valence-corrected chi connectivity index (χ3v) is 1.72. The average molecular weight is 159 g/mol. The molecule has 0 fully saturated rings. The van der Waals surface area contributed by atoms with Crippen molar-refractivity contribution in [2.24, 2.45) is 17.1 Å². The Hall–Kier alpha value is -0.570. The Bertz CT molecular complexity index is 147. The molecule has 11 heavy (non-hydrogen) atoms. The van der Waals surface area contributed by atoms with Gasteiger partial charge in [0.1, 0.15) is 0 Å². The van der Waals surface area contributed by atoms with E-state index in [4.69, 9.17) is 10.8 Å². The fraction of sp³-hybridized carbons (Fsp3) is 0.875. The highest BCUT2D eigenvalue weighted by Crippen LogP contribution is 2.27. The number of aliphatic carboxylic acids is 1. The minimum Gasteiger partial charge on any atom is -0.481 e. The molecular formula is C8H17NO2. The third kappa shape index (κ3) is 2.89. The van der Waals surface area contributed by atoms with Gasteiger partial charge in [-0.05, 0) is 12.3 Å². The van der Waals surface area contributed by atoms with E-state index in [1.165, 1.54) is 0 Å². The smallest absolute Gasteiger partial charge is 0.308 e. The van der Waals surface area contributed by atoms with Crippen LogP contribution in [0.5, 0.6) is 0 Å². The number of carboxylic acids is 1. The number of carbonyl (C=O) groups is 1. The van der Waals surface area contributed by atoms with E-state index in [0.717, 1.165) is 0 Å². The molecule has 66 valence electrons. The number of hydrogen-bond donors (Lipinski definition) is 2. The van der Waals surface area contributed by atoms with Gasteiger partial charge in [0.2, 0.25) is 0 Å². The molecule has 0 aromatic heterocycles. The average Bonchev–Trinajstić information content (AvgIpc) is 1.54. The minimum absolute atomic E-state index is 0.264. The predicted octanol–water partition coefficient (Wildman–Crippen LogP) is 1.08. The van der Waals surface area contributed by atoms with Crippen molar-refractivity contribution in [2.75, 3.05) is 0 Å². The highest BCUT2D eigenvalue weighted by molar-refractivity contribution is 5.71. The van der Waals surface area contributed by atoms with Crippen LogP contribution in [0.3, 0.4) is 0 Å². The minimum atomic E-state index is -0.813. The van der Waals surface area contributed by atoms with Gasteiger partial charge in [-0.1, -0.05) is 20.8 Å². The summed E-state index contributed by atoms with van der Waals surface area (Å²) in [5.41, 5.74) is 5.28. The van der Waals surface area contributed by atoms with E-state index in [2.05, 4.69) is 0 Å². The van der Waals surface area contributed by atoms with Crippen molar-refractivity contribution in [1.82, 2.24) is 0 Å². The number of carboxylic acid groups (broad SMARTS) is 1. The van der Waals surface area contributed by atoms with Gasteiger partial charge < -0.3 is 10.8 Å². The zero-order valence-corrected chi connectivity index (χ0v) is 7.59. The van der Waals surface area contributed by atoms with Crippen molar-refractivity contribution in [3.05, 3.63) is 0 Å². The Labute approximate surface area is 67.6 Å². The molecule has 3 nitrogen and oxygen atoms in total. The van der Waals surface area contributed by atoms with Crippen LogP contribution in [0.2, 0.25) is 0 Å². The van der Waals surface area contributed by atoms with Crippen LogP contribution in [0.1, 0.15) is 27.7 Å². The van der Waals surface area contributed by atoms with E-state index in [1.54, 1.807) is 6.92 Å². The second-order valence-corrected chi connectivity index (χ2v) is 4.04. The summed E-state index contributed by atoms with van der Waals surface area (Å²) < 4.78 is 0. The normalized spacial score (nSPS) is 17.5. The lowest BCUT2D eigenvalue weighted by atomic mass is 9.77. The highest BCUT2D eigenvalue weighted by atomic mass is 16.4. The SMILES string of the molecule is C[C@@H](N)C(C(=O)O)C(C)(C)C. The highest BCUT2D eigenvalue weighted by Gasteiger charge is 2.33. The van der Waals surface area contributed by atoms with Gasteiger partial charge in [-0.3, -0.25) is 4.79 Å². The first-order chi connectivity index (χ1) is 4.76. The molecule has 0 aliphatic rings. The van der Waals surface area contributed by atoms with Crippen molar-refractivity contribution < 1.29 is 9.90 Å². The summed E-state index contributed by atoms with van der Waals surface area (Å²) in [6, 6.07) is -0.299. The predicted molar refractivity (Wildman–Crippen MR) is 44.2 cm³/mol. The van der Waals surface area contributed by atoms with Crippen LogP contribution in [0.15, 0.2) is 0 Å². The Morgan fingerprint density at radius 3 is 1.82 bits per heavy atom. The molecule has 2 atom stereocenters. The molecule has 3 N–H and O–H groups in total. The van der Waals surface area contributed by atoms with Crippen LogP contribution in [0, 0.1) is 11.3 Å². The Morgan fingerprint density at radius 1 is 1.45 bits per heavy atom. The summed E-state index contributed by atoms with van der Waals surface area (Å²) in [5.74, 6) is -1.28. The van der Waals surface area contributed by atoms with Crippen LogP contribution in [0.4, 0.5) is 0 Å². The van der Waals surface area contributed by atoms with Gasteiger partial charge in [0.25, 0.3) is 0 Å². The maximum absolute atomic E-state index is 10.7. The second-order valence-electron chi connectivity index (χ2n) is 4.04. The van der Waals surface area contributed by atoms with E-state index in [9.17, 15) is 4.79 Å². The molecule has 0 saturated carbocycles. The first-order valence-corrected chi connectivity index (χ1v) is 3.75. The van der Waals surface area contributed by atoms with Gasteiger partial charge in [-0.15, -0.1) is 0 Å². The summed E-state index contributed by atoms with van der Waals surface area (Å²) in [7, 11) is 0. The van der Waals surface area contributed by atoms with Crippen LogP contribution >= 0.6 is 0 Å². The molecule has 3 heteroatoms. The van der Waals surface area contributed by atoms with Gasteiger partial charge >= 0.3 is 5.97 Å². The third-order valence-electron chi connectivity index (χ3n) is 1.72. The molecule has 0 aromatic rings. The standard InChI is InChI=1S/C8H17NO2/c1-5(9)6(7(10)11)8(2,3)4/h5-6H,9H2,1-4H3,(H,10,11)/t5-,6?/m1/s1. The number of rotatable bonds is 2. The molecule has 0 bridgehead atoms. The van der Waals surface area contributed by atoms with Crippen molar-refractivity contribution in [3.63, 3.8) is 0 Å². The monoisotopic (exact) mass is 159 g/mol. The zero-order valence-electron chi connectivity index (χ0n) is 7.59. The molecule has 0 heterocycles. The summed E-state index contributed by atoms with van der Waals surface area (Å²) in [6.45, 7) is 7.38. The molecule has 1 unspecified atom stereocenters. The molecule has 0 aliphatic heterocycles. The molecule has 0 aliphatic carbocycles. The largest absolute Gasteiger partial charge is 0.481 e. The molecular weight excluding hydrogens is 142 g/mol. The topological polar surface area (TPSA) is 63.3 Å². The molecule has 0 saturated heterocycles. The molecule has 0 amide bonds. The van der Waals surface area contributed by atoms with Gasteiger partial charge in [0.15, 0.2) is 0 Å². The van der Waals surface area contributed by atoms with E-state index < -0.39 is 11.9 Å². The van der Waals surface area contributed by atoms with Crippen molar-refractivity contribution in [2.45, 2.75) is 33.7 Å². The summed E-state index contributed by atoms with van der Waals surface area (Å²) in [5, 5.41) is 8.80. The number of hydrogen-bond acceptors (Lipinski definition) is 2. The van der Waals surface area contributed by atoms with Crippen molar-refractivity contribution in [1.29, 1.82) is 0 Å². The van der Waals surface area contributed by atoms with Crippen molar-refractivity contribution in [3.8, 4) is 0 Å². The molecule has 0 aromatic carbocycles. The quantitative estimate of drug-likeness (QED) is 0.633. The zero-order chi connectivity index (χ0) is 9.23. The van der Waals surface area contributed by atoms with Crippen molar-refractivity contribution >= 4 is 5.97 Å². The Kier molecular flexibility index (Phi) is 3.05. The maximum atomic E-state index is 10.7. The molecule has 0 radical (unpaired) electrons. The van der Waals surface area contributed by atoms with Crippen LogP contribution in [-0.4, -0.2) is 17.1 Å². The Balaban J connectivity index is 4.49. The lowest BCUT2D eigenvalue weighted by molar-refractivity contribution is -0.146. The molecule has 0 rings (SSSR count). The van der Waals surface area contributed by atoms with E-state index >= 15 is 0 Å². The maximum Gasteiger partial charge on any atom is 0.308 e. The van der Waals surface area contributed by atoms with Gasteiger partial charge in [-0.2, -0.15) is 0 Å². The fourth-order valence-corrected chi connectivity index (χ4v) is 1.38. The van der Waals surface area contributed by atoms with Crippen LogP contribution in [-0.2, 0) is 4.79 Å². The lowest BCUT2D eigenvalue weighted by Crippen LogP contribution is -2.41. The van der Waals surface area contributed by atoms with Gasteiger partial charge in [0, 0.05) is 6.04 Å². The van der Waals surface area contributed by atoms with Gasteiger partial charge in [-0.25, -0.2) is 0 Å². The first kappa shape index (κ1) is 10.4. The van der Waals surface area contributed by atoms with Crippen LogP contribution in [0.25, 0.3) is 0 Å².